The van der Waals surface area contributed by atoms with Gasteiger partial charge in [-0.05, 0) is 32.4 Å². The smallest absolute Gasteiger partial charge is 0.317 e. The Morgan fingerprint density at radius 3 is 2.73 bits per heavy atom. The number of benzene rings is 1. The zero-order valence-electron chi connectivity index (χ0n) is 15.3. The molecule has 3 aliphatic heterocycles. The summed E-state index contributed by atoms with van der Waals surface area (Å²) in [5.41, 5.74) is 0.680. The Bertz CT molecular complexity index is 735. The number of anilines is 1. The predicted molar refractivity (Wildman–Crippen MR) is 96.7 cm³/mol. The molecule has 140 valence electrons. The summed E-state index contributed by atoms with van der Waals surface area (Å²) in [6, 6.07) is 5.71. The minimum atomic E-state index is -0.154. The van der Waals surface area contributed by atoms with Gasteiger partial charge in [0.25, 0.3) is 0 Å². The highest BCUT2D eigenvalue weighted by Gasteiger charge is 2.49. The lowest BCUT2D eigenvalue weighted by molar-refractivity contribution is -0.117. The molecule has 2 fully saturated rings. The SMILES string of the molecule is CC(C)NC(=O)N1CC[C@]2(CC(=O)N(c3ccc4c(c3)OCCO4)C2)C1. The molecule has 3 amide bonds. The van der Waals surface area contributed by atoms with E-state index in [4.69, 9.17) is 9.47 Å². The number of urea groups is 1. The van der Waals surface area contributed by atoms with Gasteiger partial charge < -0.3 is 24.6 Å². The quantitative estimate of drug-likeness (QED) is 0.877. The molecule has 3 heterocycles. The van der Waals surface area contributed by atoms with E-state index in [1.807, 2.05) is 41.8 Å². The number of likely N-dealkylation sites (tertiary alicyclic amines) is 1. The lowest BCUT2D eigenvalue weighted by Gasteiger charge is -2.25. The minimum Gasteiger partial charge on any atom is -0.486 e. The Kier molecular flexibility index (Phi) is 4.17. The van der Waals surface area contributed by atoms with Crippen LogP contribution in [0.3, 0.4) is 0 Å². The van der Waals surface area contributed by atoms with Crippen LogP contribution in [0.2, 0.25) is 0 Å². The van der Waals surface area contributed by atoms with Crippen LogP contribution in [-0.2, 0) is 4.79 Å². The molecule has 7 heteroatoms. The van der Waals surface area contributed by atoms with Gasteiger partial charge in [0.15, 0.2) is 11.5 Å². The standard InChI is InChI=1S/C19H25N3O4/c1-13(2)20-18(24)21-6-5-19(11-21)10-17(23)22(12-19)14-3-4-15-16(9-14)26-8-7-25-15/h3-4,9,13H,5-8,10-12H2,1-2H3,(H,20,24)/t19-/m0/s1. The number of hydrogen-bond acceptors (Lipinski definition) is 4. The zero-order chi connectivity index (χ0) is 18.3. The van der Waals surface area contributed by atoms with Gasteiger partial charge in [0, 0.05) is 49.3 Å². The molecule has 0 aromatic heterocycles. The van der Waals surface area contributed by atoms with Crippen LogP contribution in [0.25, 0.3) is 0 Å². The first-order valence-corrected chi connectivity index (χ1v) is 9.21. The van der Waals surface area contributed by atoms with E-state index in [0.29, 0.717) is 45.0 Å². The van der Waals surface area contributed by atoms with Gasteiger partial charge in [0.2, 0.25) is 5.91 Å². The van der Waals surface area contributed by atoms with Gasteiger partial charge in [-0.2, -0.15) is 0 Å². The fraction of sp³-hybridized carbons (Fsp3) is 0.579. The third-order valence-electron chi connectivity index (χ3n) is 5.30. The van der Waals surface area contributed by atoms with Crippen LogP contribution in [-0.4, -0.2) is 55.7 Å². The van der Waals surface area contributed by atoms with Gasteiger partial charge in [-0.1, -0.05) is 0 Å². The van der Waals surface area contributed by atoms with E-state index in [-0.39, 0.29) is 23.4 Å². The molecule has 0 bridgehead atoms. The van der Waals surface area contributed by atoms with E-state index in [2.05, 4.69) is 5.32 Å². The summed E-state index contributed by atoms with van der Waals surface area (Å²) in [4.78, 5) is 28.6. The first-order chi connectivity index (χ1) is 12.5. The first-order valence-electron chi connectivity index (χ1n) is 9.21. The molecule has 1 N–H and O–H groups in total. The lowest BCUT2D eigenvalue weighted by atomic mass is 9.86. The summed E-state index contributed by atoms with van der Waals surface area (Å²) in [6.45, 7) is 6.93. The molecule has 3 aliphatic rings. The fourth-order valence-corrected chi connectivity index (χ4v) is 4.05. The maximum atomic E-state index is 12.7. The molecule has 0 radical (unpaired) electrons. The molecule has 26 heavy (non-hydrogen) atoms. The van der Waals surface area contributed by atoms with Crippen LogP contribution in [0, 0.1) is 5.41 Å². The van der Waals surface area contributed by atoms with E-state index in [1.165, 1.54) is 0 Å². The van der Waals surface area contributed by atoms with E-state index in [9.17, 15) is 9.59 Å². The highest BCUT2D eigenvalue weighted by Crippen LogP contribution is 2.43. The van der Waals surface area contributed by atoms with Crippen LogP contribution in [0.4, 0.5) is 10.5 Å². The van der Waals surface area contributed by atoms with Gasteiger partial charge in [0.1, 0.15) is 13.2 Å². The molecule has 1 aromatic rings. The average molecular weight is 359 g/mol. The van der Waals surface area contributed by atoms with Crippen molar-refractivity contribution >= 4 is 17.6 Å². The summed E-state index contributed by atoms with van der Waals surface area (Å²) >= 11 is 0. The summed E-state index contributed by atoms with van der Waals surface area (Å²) < 4.78 is 11.2. The maximum Gasteiger partial charge on any atom is 0.317 e. The molecule has 7 nitrogen and oxygen atoms in total. The van der Waals surface area contributed by atoms with Crippen molar-refractivity contribution < 1.29 is 19.1 Å². The third-order valence-corrected chi connectivity index (χ3v) is 5.30. The van der Waals surface area contributed by atoms with Crippen molar-refractivity contribution in [1.29, 1.82) is 0 Å². The van der Waals surface area contributed by atoms with Gasteiger partial charge in [-0.15, -0.1) is 0 Å². The highest BCUT2D eigenvalue weighted by atomic mass is 16.6. The fourth-order valence-electron chi connectivity index (χ4n) is 4.05. The molecule has 4 rings (SSSR count). The van der Waals surface area contributed by atoms with Crippen LogP contribution in [0.15, 0.2) is 18.2 Å². The van der Waals surface area contributed by atoms with Crippen molar-refractivity contribution in [2.24, 2.45) is 5.41 Å². The molecule has 0 aliphatic carbocycles. The number of rotatable bonds is 2. The topological polar surface area (TPSA) is 71.1 Å². The second kappa shape index (κ2) is 6.37. The highest BCUT2D eigenvalue weighted by molar-refractivity contribution is 5.97. The Morgan fingerprint density at radius 2 is 1.96 bits per heavy atom. The maximum absolute atomic E-state index is 12.7. The second-order valence-electron chi connectivity index (χ2n) is 7.76. The van der Waals surface area contributed by atoms with Crippen LogP contribution in [0.5, 0.6) is 11.5 Å². The van der Waals surface area contributed by atoms with Crippen molar-refractivity contribution in [2.45, 2.75) is 32.7 Å². The number of nitrogens with zero attached hydrogens (tertiary/aromatic N) is 2. The number of amides is 3. The Balaban J connectivity index is 1.48. The van der Waals surface area contributed by atoms with Crippen molar-refractivity contribution in [1.82, 2.24) is 10.2 Å². The van der Waals surface area contributed by atoms with Crippen LogP contribution < -0.4 is 19.7 Å². The zero-order valence-corrected chi connectivity index (χ0v) is 15.3. The summed E-state index contributed by atoms with van der Waals surface area (Å²) in [7, 11) is 0. The molecule has 1 spiro atoms. The van der Waals surface area contributed by atoms with Crippen molar-refractivity contribution in [3.8, 4) is 11.5 Å². The van der Waals surface area contributed by atoms with E-state index in [1.54, 1.807) is 0 Å². The first kappa shape index (κ1) is 17.0. The van der Waals surface area contributed by atoms with Crippen LogP contribution in [0.1, 0.15) is 26.7 Å². The lowest BCUT2D eigenvalue weighted by Crippen LogP contribution is -2.43. The number of hydrogen-bond donors (Lipinski definition) is 1. The largest absolute Gasteiger partial charge is 0.486 e. The minimum absolute atomic E-state index is 0.0397. The second-order valence-corrected chi connectivity index (χ2v) is 7.76. The number of carbonyl (C=O) groups is 2. The Hall–Kier alpha value is -2.44. The van der Waals surface area contributed by atoms with Crippen molar-refractivity contribution in [3.05, 3.63) is 18.2 Å². The van der Waals surface area contributed by atoms with Crippen LogP contribution >= 0.6 is 0 Å². The van der Waals surface area contributed by atoms with Gasteiger partial charge >= 0.3 is 6.03 Å². The van der Waals surface area contributed by atoms with Gasteiger partial charge in [0.05, 0.1) is 0 Å². The number of nitrogens with one attached hydrogen (secondary N) is 1. The monoisotopic (exact) mass is 359 g/mol. The van der Waals surface area contributed by atoms with Gasteiger partial charge in [-0.25, -0.2) is 4.79 Å². The van der Waals surface area contributed by atoms with Crippen molar-refractivity contribution in [3.63, 3.8) is 0 Å². The molecule has 1 aromatic carbocycles. The molecule has 0 saturated carbocycles. The van der Waals surface area contributed by atoms with E-state index in [0.717, 1.165) is 17.9 Å². The Morgan fingerprint density at radius 1 is 1.19 bits per heavy atom. The molecule has 0 unspecified atom stereocenters. The number of ether oxygens (including phenoxy) is 2. The third kappa shape index (κ3) is 3.06. The summed E-state index contributed by atoms with van der Waals surface area (Å²) in [5.74, 6) is 1.51. The molecular formula is C19H25N3O4. The summed E-state index contributed by atoms with van der Waals surface area (Å²) in [6.07, 6.45) is 1.33. The normalized spacial score (nSPS) is 24.7. The molecule has 2 saturated heterocycles. The van der Waals surface area contributed by atoms with Crippen molar-refractivity contribution in [2.75, 3.05) is 37.7 Å². The predicted octanol–water partition coefficient (Wildman–Crippen LogP) is 2.00. The van der Waals surface area contributed by atoms with E-state index >= 15 is 0 Å². The van der Waals surface area contributed by atoms with E-state index < -0.39 is 0 Å². The van der Waals surface area contributed by atoms with Gasteiger partial charge in [-0.3, -0.25) is 4.79 Å². The molecule has 1 atom stereocenters. The molecular weight excluding hydrogens is 334 g/mol. The Labute approximate surface area is 153 Å². The average Bonchev–Trinajstić information content (AvgIpc) is 3.17. The number of carbonyl (C=O) groups excluding carboxylic acids is 2. The summed E-state index contributed by atoms with van der Waals surface area (Å²) in [5, 5.41) is 2.94. The number of fused-ring (bicyclic) bond motifs is 1.